The van der Waals surface area contributed by atoms with Crippen molar-refractivity contribution in [2.75, 3.05) is 13.4 Å². The van der Waals surface area contributed by atoms with Gasteiger partial charge in [0.25, 0.3) is 0 Å². The van der Waals surface area contributed by atoms with Crippen LogP contribution in [0.4, 0.5) is 0 Å². The van der Waals surface area contributed by atoms with E-state index in [1.165, 1.54) is 6.92 Å². The Morgan fingerprint density at radius 2 is 1.82 bits per heavy atom. The number of aryl methyl sites for hydroxylation is 1. The second-order valence-electron chi connectivity index (χ2n) is 7.01. The standard InChI is InChI=1S/C22H32O6/c1-4-6-7-11-19(28-16(3)23)18-14-21-20(26-15-27-21)13-17(18)10-8-9-12-22(24)25-5-2/h13-14,19H,4-12,15H2,1-3H3. The van der Waals surface area contributed by atoms with Crippen LogP contribution in [0.25, 0.3) is 0 Å². The van der Waals surface area contributed by atoms with Gasteiger partial charge in [0.1, 0.15) is 6.10 Å². The number of esters is 2. The van der Waals surface area contributed by atoms with Crippen LogP contribution in [0.5, 0.6) is 11.5 Å². The van der Waals surface area contributed by atoms with E-state index in [1.54, 1.807) is 0 Å². The molecule has 0 radical (unpaired) electrons. The average molecular weight is 392 g/mol. The van der Waals surface area contributed by atoms with Crippen LogP contribution in [0, 0.1) is 0 Å². The maximum Gasteiger partial charge on any atom is 0.305 e. The first-order valence-corrected chi connectivity index (χ1v) is 10.3. The van der Waals surface area contributed by atoms with E-state index in [1.807, 2.05) is 19.1 Å². The van der Waals surface area contributed by atoms with Crippen molar-refractivity contribution in [2.45, 2.75) is 78.2 Å². The molecule has 6 nitrogen and oxygen atoms in total. The average Bonchev–Trinajstić information content (AvgIpc) is 3.11. The minimum atomic E-state index is -0.293. The molecule has 6 heteroatoms. The molecule has 1 aliphatic heterocycles. The van der Waals surface area contributed by atoms with E-state index in [-0.39, 0.29) is 24.8 Å². The number of hydrogen-bond acceptors (Lipinski definition) is 6. The fourth-order valence-corrected chi connectivity index (χ4v) is 3.39. The third-order valence-electron chi connectivity index (χ3n) is 4.74. The highest BCUT2D eigenvalue weighted by Gasteiger charge is 2.24. The lowest BCUT2D eigenvalue weighted by Crippen LogP contribution is -2.11. The number of ether oxygens (including phenoxy) is 4. The number of carbonyl (C=O) groups excluding carboxylic acids is 2. The van der Waals surface area contributed by atoms with Gasteiger partial charge in [0.15, 0.2) is 11.5 Å². The Morgan fingerprint density at radius 1 is 1.07 bits per heavy atom. The zero-order valence-electron chi connectivity index (χ0n) is 17.3. The lowest BCUT2D eigenvalue weighted by atomic mass is 9.94. The third-order valence-corrected chi connectivity index (χ3v) is 4.74. The maximum absolute atomic E-state index is 11.7. The van der Waals surface area contributed by atoms with Crippen LogP contribution in [-0.2, 0) is 25.5 Å². The van der Waals surface area contributed by atoms with Crippen LogP contribution in [0.1, 0.15) is 82.9 Å². The van der Waals surface area contributed by atoms with Crippen LogP contribution in [-0.4, -0.2) is 25.3 Å². The molecule has 0 fully saturated rings. The number of benzene rings is 1. The van der Waals surface area contributed by atoms with Crippen molar-refractivity contribution < 1.29 is 28.5 Å². The summed E-state index contributed by atoms with van der Waals surface area (Å²) in [6, 6.07) is 3.93. The number of unbranched alkanes of at least 4 members (excludes halogenated alkanes) is 3. The molecule has 1 atom stereocenters. The summed E-state index contributed by atoms with van der Waals surface area (Å²) in [5.74, 6) is 0.968. The molecule has 0 spiro atoms. The highest BCUT2D eigenvalue weighted by Crippen LogP contribution is 2.39. The van der Waals surface area contributed by atoms with E-state index in [9.17, 15) is 9.59 Å². The van der Waals surface area contributed by atoms with E-state index in [0.29, 0.717) is 18.8 Å². The Hall–Kier alpha value is -2.24. The smallest absolute Gasteiger partial charge is 0.305 e. The van der Waals surface area contributed by atoms with Gasteiger partial charge in [0, 0.05) is 13.3 Å². The topological polar surface area (TPSA) is 71.1 Å². The Balaban J connectivity index is 2.12. The zero-order chi connectivity index (χ0) is 20.4. The SMILES string of the molecule is CCCCCC(OC(C)=O)c1cc2c(cc1CCCCC(=O)OCC)OCO2. The molecule has 1 aliphatic rings. The summed E-state index contributed by atoms with van der Waals surface area (Å²) >= 11 is 0. The summed E-state index contributed by atoms with van der Waals surface area (Å²) in [5, 5.41) is 0. The third kappa shape index (κ3) is 6.73. The molecule has 1 aromatic carbocycles. The fourth-order valence-electron chi connectivity index (χ4n) is 3.39. The van der Waals surface area contributed by atoms with Crippen LogP contribution >= 0.6 is 0 Å². The van der Waals surface area contributed by atoms with Gasteiger partial charge in [0.2, 0.25) is 6.79 Å². The van der Waals surface area contributed by atoms with Crippen molar-refractivity contribution in [3.63, 3.8) is 0 Å². The first kappa shape index (κ1) is 22.1. The van der Waals surface area contributed by atoms with Crippen molar-refractivity contribution in [3.8, 4) is 11.5 Å². The quantitative estimate of drug-likeness (QED) is 0.373. The minimum absolute atomic E-state index is 0.161. The highest BCUT2D eigenvalue weighted by atomic mass is 16.7. The van der Waals surface area contributed by atoms with E-state index in [0.717, 1.165) is 61.8 Å². The van der Waals surface area contributed by atoms with E-state index >= 15 is 0 Å². The molecule has 0 bridgehead atoms. The molecule has 0 aliphatic carbocycles. The van der Waals surface area contributed by atoms with E-state index in [2.05, 4.69) is 6.92 Å². The van der Waals surface area contributed by atoms with Gasteiger partial charge < -0.3 is 18.9 Å². The second-order valence-corrected chi connectivity index (χ2v) is 7.01. The zero-order valence-corrected chi connectivity index (χ0v) is 17.3. The van der Waals surface area contributed by atoms with E-state index in [4.69, 9.17) is 18.9 Å². The van der Waals surface area contributed by atoms with Gasteiger partial charge >= 0.3 is 11.9 Å². The number of rotatable bonds is 12. The molecule has 1 aromatic rings. The van der Waals surface area contributed by atoms with Crippen molar-refractivity contribution in [3.05, 3.63) is 23.3 Å². The molecule has 28 heavy (non-hydrogen) atoms. The Kier molecular flexibility index (Phi) is 9.11. The van der Waals surface area contributed by atoms with Gasteiger partial charge in [-0.25, -0.2) is 0 Å². The Labute approximate surface area is 167 Å². The van der Waals surface area contributed by atoms with Crippen molar-refractivity contribution in [1.29, 1.82) is 0 Å². The minimum Gasteiger partial charge on any atom is -0.466 e. The summed E-state index contributed by atoms with van der Waals surface area (Å²) in [4.78, 5) is 23.2. The predicted molar refractivity (Wildman–Crippen MR) is 105 cm³/mol. The lowest BCUT2D eigenvalue weighted by molar-refractivity contribution is -0.147. The number of fused-ring (bicyclic) bond motifs is 1. The van der Waals surface area contributed by atoms with Gasteiger partial charge in [-0.1, -0.05) is 19.8 Å². The van der Waals surface area contributed by atoms with Crippen molar-refractivity contribution >= 4 is 11.9 Å². The summed E-state index contributed by atoms with van der Waals surface area (Å²) in [6.07, 6.45) is 6.46. The molecule has 0 N–H and O–H groups in total. The molecule has 2 rings (SSSR count). The Bertz CT molecular complexity index is 655. The number of carbonyl (C=O) groups is 2. The molecular formula is C22H32O6. The van der Waals surface area contributed by atoms with Gasteiger partial charge in [-0.2, -0.15) is 0 Å². The summed E-state index contributed by atoms with van der Waals surface area (Å²) in [7, 11) is 0. The fraction of sp³-hybridized carbons (Fsp3) is 0.636. The molecule has 0 aromatic heterocycles. The highest BCUT2D eigenvalue weighted by molar-refractivity contribution is 5.69. The monoisotopic (exact) mass is 392 g/mol. The number of hydrogen-bond donors (Lipinski definition) is 0. The summed E-state index contributed by atoms with van der Waals surface area (Å²) < 4.78 is 21.7. The molecule has 0 saturated carbocycles. The van der Waals surface area contributed by atoms with Crippen molar-refractivity contribution in [2.24, 2.45) is 0 Å². The second kappa shape index (κ2) is 11.6. The van der Waals surface area contributed by atoms with Gasteiger partial charge in [-0.15, -0.1) is 0 Å². The first-order valence-electron chi connectivity index (χ1n) is 10.3. The van der Waals surface area contributed by atoms with Gasteiger partial charge in [-0.05, 0) is 62.3 Å². The predicted octanol–water partition coefficient (Wildman–Crippen LogP) is 4.88. The Morgan fingerprint density at radius 3 is 2.50 bits per heavy atom. The summed E-state index contributed by atoms with van der Waals surface area (Å²) in [6.45, 7) is 6.02. The molecule has 156 valence electrons. The summed E-state index contributed by atoms with van der Waals surface area (Å²) in [5.41, 5.74) is 2.06. The lowest BCUT2D eigenvalue weighted by Gasteiger charge is -2.21. The van der Waals surface area contributed by atoms with Crippen LogP contribution in [0.3, 0.4) is 0 Å². The van der Waals surface area contributed by atoms with Crippen LogP contribution in [0.15, 0.2) is 12.1 Å². The van der Waals surface area contributed by atoms with E-state index < -0.39 is 0 Å². The first-order chi connectivity index (χ1) is 13.5. The normalized spacial score (nSPS) is 13.2. The van der Waals surface area contributed by atoms with Crippen LogP contribution < -0.4 is 9.47 Å². The largest absolute Gasteiger partial charge is 0.466 e. The van der Waals surface area contributed by atoms with Gasteiger partial charge in [-0.3, -0.25) is 9.59 Å². The van der Waals surface area contributed by atoms with Crippen LogP contribution in [0.2, 0.25) is 0 Å². The van der Waals surface area contributed by atoms with Gasteiger partial charge in [0.05, 0.1) is 6.61 Å². The molecular weight excluding hydrogens is 360 g/mol. The van der Waals surface area contributed by atoms with Crippen molar-refractivity contribution in [1.82, 2.24) is 0 Å². The molecule has 0 amide bonds. The maximum atomic E-state index is 11.7. The molecule has 1 heterocycles. The molecule has 0 saturated heterocycles. The molecule has 1 unspecified atom stereocenters.